The standard InChI is InChI=1S/C20H19Cl3N4O4/c1-11-18-12(6-13(21)7-14(18)22)2-3-26(11)20(28)17-10-25(4-5-31-17)15-8-24-9-16(19(15)23)27(29)30/h6-9,11,17H,2-5,10H2,1H3/t11-,17+/m0/s1. The minimum Gasteiger partial charge on any atom is -0.365 e. The van der Waals surface area contributed by atoms with E-state index in [-0.39, 0.29) is 35.8 Å². The molecular formula is C20H19Cl3N4O4. The Kier molecular flexibility index (Phi) is 6.25. The molecule has 31 heavy (non-hydrogen) atoms. The van der Waals surface area contributed by atoms with Gasteiger partial charge >= 0.3 is 5.69 Å². The van der Waals surface area contributed by atoms with Crippen LogP contribution < -0.4 is 4.90 Å². The summed E-state index contributed by atoms with van der Waals surface area (Å²) in [6, 6.07) is 3.34. The van der Waals surface area contributed by atoms with E-state index < -0.39 is 11.0 Å². The maximum atomic E-state index is 13.3. The smallest absolute Gasteiger partial charge is 0.308 e. The van der Waals surface area contributed by atoms with E-state index in [1.807, 2.05) is 13.0 Å². The van der Waals surface area contributed by atoms with E-state index in [4.69, 9.17) is 39.5 Å². The summed E-state index contributed by atoms with van der Waals surface area (Å²) in [5, 5.41) is 12.3. The zero-order valence-electron chi connectivity index (χ0n) is 16.6. The number of halogens is 3. The number of pyridine rings is 1. The molecule has 8 nitrogen and oxygen atoms in total. The summed E-state index contributed by atoms with van der Waals surface area (Å²) in [6.07, 6.45) is 2.48. The predicted molar refractivity (Wildman–Crippen MR) is 118 cm³/mol. The lowest BCUT2D eigenvalue weighted by Gasteiger charge is -2.40. The molecule has 1 aromatic carbocycles. The summed E-state index contributed by atoms with van der Waals surface area (Å²) in [6.45, 7) is 3.38. The largest absolute Gasteiger partial charge is 0.365 e. The fourth-order valence-corrected chi connectivity index (χ4v) is 5.16. The third-order valence-corrected chi connectivity index (χ3v) is 6.61. The zero-order valence-corrected chi connectivity index (χ0v) is 18.8. The molecule has 2 aliphatic rings. The number of hydrogen-bond acceptors (Lipinski definition) is 6. The van der Waals surface area contributed by atoms with Crippen molar-refractivity contribution in [3.63, 3.8) is 0 Å². The van der Waals surface area contributed by atoms with Crippen LogP contribution in [0.5, 0.6) is 0 Å². The Morgan fingerprint density at radius 2 is 2.03 bits per heavy atom. The Labute approximate surface area is 193 Å². The fourth-order valence-electron chi connectivity index (χ4n) is 4.18. The first-order chi connectivity index (χ1) is 14.8. The van der Waals surface area contributed by atoms with Crippen molar-refractivity contribution in [3.8, 4) is 0 Å². The number of ether oxygens (including phenoxy) is 1. The Morgan fingerprint density at radius 1 is 1.26 bits per heavy atom. The number of carbonyl (C=O) groups excluding carboxylic acids is 1. The van der Waals surface area contributed by atoms with E-state index >= 15 is 0 Å². The van der Waals surface area contributed by atoms with Crippen molar-refractivity contribution in [1.29, 1.82) is 0 Å². The van der Waals surface area contributed by atoms with E-state index in [9.17, 15) is 14.9 Å². The second-order valence-corrected chi connectivity index (χ2v) is 8.69. The molecule has 0 aliphatic carbocycles. The van der Waals surface area contributed by atoms with E-state index in [0.29, 0.717) is 35.2 Å². The summed E-state index contributed by atoms with van der Waals surface area (Å²) in [4.78, 5) is 31.4. The number of fused-ring (bicyclic) bond motifs is 1. The van der Waals surface area contributed by atoms with Crippen LogP contribution in [0.15, 0.2) is 24.5 Å². The van der Waals surface area contributed by atoms with Gasteiger partial charge in [-0.05, 0) is 36.6 Å². The van der Waals surface area contributed by atoms with Gasteiger partial charge in [0.1, 0.15) is 11.2 Å². The lowest BCUT2D eigenvalue weighted by Crippen LogP contribution is -2.53. The maximum absolute atomic E-state index is 13.3. The van der Waals surface area contributed by atoms with Crippen LogP contribution in [0.4, 0.5) is 11.4 Å². The molecule has 2 atom stereocenters. The fraction of sp³-hybridized carbons (Fsp3) is 0.400. The molecule has 0 unspecified atom stereocenters. The summed E-state index contributed by atoms with van der Waals surface area (Å²) >= 11 is 18.8. The highest BCUT2D eigenvalue weighted by atomic mass is 35.5. The highest BCUT2D eigenvalue weighted by molar-refractivity contribution is 6.35. The molecule has 1 amide bonds. The molecule has 1 aromatic heterocycles. The van der Waals surface area contributed by atoms with E-state index in [1.165, 1.54) is 6.20 Å². The number of nitrogens with zero attached hydrogens (tertiary/aromatic N) is 4. The highest BCUT2D eigenvalue weighted by Crippen LogP contribution is 2.38. The van der Waals surface area contributed by atoms with Gasteiger partial charge in [0, 0.05) is 23.1 Å². The molecule has 1 saturated heterocycles. The second-order valence-electron chi connectivity index (χ2n) is 7.47. The van der Waals surface area contributed by atoms with Gasteiger partial charge in [0.05, 0.1) is 36.0 Å². The Morgan fingerprint density at radius 3 is 2.77 bits per heavy atom. The van der Waals surface area contributed by atoms with E-state index in [0.717, 1.165) is 17.3 Å². The molecule has 0 N–H and O–H groups in total. The quantitative estimate of drug-likeness (QED) is 0.476. The van der Waals surface area contributed by atoms with Crippen LogP contribution >= 0.6 is 34.8 Å². The van der Waals surface area contributed by atoms with Crippen molar-refractivity contribution < 1.29 is 14.5 Å². The van der Waals surface area contributed by atoms with Crippen LogP contribution in [0, 0.1) is 10.1 Å². The average Bonchev–Trinajstić information content (AvgIpc) is 2.73. The number of nitro groups is 1. The molecule has 1 fully saturated rings. The van der Waals surface area contributed by atoms with Crippen molar-refractivity contribution in [3.05, 3.63) is 60.8 Å². The molecular weight excluding hydrogens is 467 g/mol. The minimum atomic E-state index is -0.737. The van der Waals surface area contributed by atoms with E-state index in [1.54, 1.807) is 15.9 Å². The monoisotopic (exact) mass is 484 g/mol. The molecule has 0 bridgehead atoms. The van der Waals surface area contributed by atoms with Crippen molar-refractivity contribution in [2.75, 3.05) is 31.1 Å². The molecule has 0 radical (unpaired) electrons. The molecule has 11 heteroatoms. The van der Waals surface area contributed by atoms with Crippen molar-refractivity contribution >= 4 is 52.1 Å². The summed E-state index contributed by atoms with van der Waals surface area (Å²) < 4.78 is 5.76. The molecule has 0 spiro atoms. The summed E-state index contributed by atoms with van der Waals surface area (Å²) in [5.74, 6) is -0.164. The number of benzene rings is 1. The molecule has 164 valence electrons. The van der Waals surface area contributed by atoms with Crippen molar-refractivity contribution in [2.24, 2.45) is 0 Å². The zero-order chi connectivity index (χ0) is 22.3. The van der Waals surface area contributed by atoms with E-state index in [2.05, 4.69) is 4.98 Å². The first kappa shape index (κ1) is 22.1. The van der Waals surface area contributed by atoms with Gasteiger partial charge in [0.25, 0.3) is 5.91 Å². The topological polar surface area (TPSA) is 88.8 Å². The molecule has 4 rings (SSSR count). The van der Waals surface area contributed by atoms with Crippen molar-refractivity contribution in [2.45, 2.75) is 25.5 Å². The summed E-state index contributed by atoms with van der Waals surface area (Å²) in [7, 11) is 0. The second kappa shape index (κ2) is 8.78. The number of aromatic nitrogens is 1. The van der Waals surface area contributed by atoms with Gasteiger partial charge in [0.15, 0.2) is 6.10 Å². The number of morpholine rings is 1. The number of rotatable bonds is 3. The Balaban J connectivity index is 1.55. The maximum Gasteiger partial charge on any atom is 0.308 e. The molecule has 2 aliphatic heterocycles. The van der Waals surface area contributed by atoms with Crippen LogP contribution in [-0.4, -0.2) is 53.1 Å². The van der Waals surface area contributed by atoms with Crippen LogP contribution in [0.3, 0.4) is 0 Å². The predicted octanol–water partition coefficient (Wildman–Crippen LogP) is 4.30. The average molecular weight is 486 g/mol. The highest BCUT2D eigenvalue weighted by Gasteiger charge is 2.37. The number of amides is 1. The molecule has 2 aromatic rings. The van der Waals surface area contributed by atoms with Gasteiger partial charge in [-0.25, -0.2) is 0 Å². The first-order valence-corrected chi connectivity index (χ1v) is 10.8. The van der Waals surface area contributed by atoms with Crippen molar-refractivity contribution in [1.82, 2.24) is 9.88 Å². The van der Waals surface area contributed by atoms with Gasteiger partial charge in [-0.2, -0.15) is 0 Å². The van der Waals surface area contributed by atoms with Gasteiger partial charge in [-0.3, -0.25) is 19.9 Å². The van der Waals surface area contributed by atoms with Gasteiger partial charge in [-0.1, -0.05) is 34.8 Å². The molecule has 3 heterocycles. The third-order valence-electron chi connectivity index (χ3n) is 5.69. The van der Waals surface area contributed by atoms with Gasteiger partial charge < -0.3 is 14.5 Å². The van der Waals surface area contributed by atoms with Crippen LogP contribution in [0.25, 0.3) is 0 Å². The van der Waals surface area contributed by atoms with Gasteiger partial charge in [0.2, 0.25) is 0 Å². The minimum absolute atomic E-state index is 0.00275. The lowest BCUT2D eigenvalue weighted by molar-refractivity contribution is -0.385. The van der Waals surface area contributed by atoms with Gasteiger partial charge in [-0.15, -0.1) is 0 Å². The number of carbonyl (C=O) groups is 1. The number of hydrogen-bond donors (Lipinski definition) is 0. The number of anilines is 1. The SMILES string of the molecule is C[C@H]1c2c(Cl)cc(Cl)cc2CCN1C(=O)[C@H]1CN(c2cncc([N+](=O)[O-])c2Cl)CCO1. The Hall–Kier alpha value is -2.13. The normalized spacial score (nSPS) is 21.0. The van der Waals surface area contributed by atoms with Crippen LogP contribution in [0.2, 0.25) is 15.1 Å². The van der Waals surface area contributed by atoms with Crippen LogP contribution in [-0.2, 0) is 16.0 Å². The lowest BCUT2D eigenvalue weighted by atomic mass is 9.93. The summed E-state index contributed by atoms with van der Waals surface area (Å²) in [5.41, 5.74) is 2.06. The molecule has 0 saturated carbocycles. The van der Waals surface area contributed by atoms with Crippen LogP contribution in [0.1, 0.15) is 24.1 Å². The first-order valence-electron chi connectivity index (χ1n) is 9.70. The third kappa shape index (κ3) is 4.17. The Bertz CT molecular complexity index is 1050.